The second kappa shape index (κ2) is 13.8. The Labute approximate surface area is 209 Å². The van der Waals surface area contributed by atoms with Crippen molar-refractivity contribution in [1.82, 2.24) is 20.5 Å². The number of anilines is 1. The van der Waals surface area contributed by atoms with E-state index in [1.807, 2.05) is 19.3 Å². The quantitative estimate of drug-likeness (QED) is 0.258. The first kappa shape index (κ1) is 26.6. The van der Waals surface area contributed by atoms with Gasteiger partial charge in [0.1, 0.15) is 5.82 Å². The van der Waals surface area contributed by atoms with Gasteiger partial charge in [0.25, 0.3) is 0 Å². The molecule has 3 rings (SSSR count). The van der Waals surface area contributed by atoms with Crippen molar-refractivity contribution in [3.8, 4) is 0 Å². The molecule has 2 saturated heterocycles. The Kier molecular flexibility index (Phi) is 11.5. The average molecular weight is 558 g/mol. The van der Waals surface area contributed by atoms with Gasteiger partial charge in [0, 0.05) is 63.5 Å². The third-order valence-electron chi connectivity index (χ3n) is 6.65. The predicted molar refractivity (Wildman–Crippen MR) is 141 cm³/mol. The van der Waals surface area contributed by atoms with Crippen LogP contribution in [0.1, 0.15) is 51.0 Å². The number of pyridine rings is 1. The van der Waals surface area contributed by atoms with E-state index < -0.39 is 0 Å². The molecule has 2 aliphatic rings. The van der Waals surface area contributed by atoms with Gasteiger partial charge in [-0.1, -0.05) is 19.4 Å². The number of nitrogens with one attached hydrogen (secondary N) is 2. The topological polar surface area (TPSA) is 98.9 Å². The van der Waals surface area contributed by atoms with E-state index in [9.17, 15) is 4.79 Å². The van der Waals surface area contributed by atoms with E-state index in [-0.39, 0.29) is 35.8 Å². The molecule has 3 heterocycles. The second-order valence-electron chi connectivity index (χ2n) is 8.60. The van der Waals surface area contributed by atoms with Crippen LogP contribution < -0.4 is 21.3 Å². The number of nitrogens with two attached hydrogens (primary N) is 1. The van der Waals surface area contributed by atoms with Crippen molar-refractivity contribution in [3.63, 3.8) is 0 Å². The normalized spacial score (nSPS) is 20.5. The highest BCUT2D eigenvalue weighted by Gasteiger charge is 2.25. The molecule has 1 aromatic heterocycles. The number of likely N-dealkylation sites (tertiary alicyclic amines) is 1. The Morgan fingerprint density at radius 2 is 2.00 bits per heavy atom. The molecule has 0 saturated carbocycles. The molecule has 0 aromatic carbocycles. The van der Waals surface area contributed by atoms with Gasteiger partial charge in [-0.2, -0.15) is 0 Å². The standard InChI is InChI=1S/C23H39N7O.HI/c1-3-20-8-4-5-13-29(20)16-12-27-23(25-2)28-17-19-7-6-11-26-22(19)30-14-9-18(10-15-30)21(24)31;/h6-7,11,18,20H,3-5,8-10,12-17H2,1-2H3,(H2,24,31)(H2,25,27,28);1H. The first-order valence-electron chi connectivity index (χ1n) is 11.8. The number of carbonyl (C=O) groups is 1. The highest BCUT2D eigenvalue weighted by atomic mass is 127. The molecule has 32 heavy (non-hydrogen) atoms. The van der Waals surface area contributed by atoms with Crippen molar-refractivity contribution in [2.24, 2.45) is 16.6 Å². The third-order valence-corrected chi connectivity index (χ3v) is 6.65. The molecular formula is C23H40IN7O. The number of carbonyl (C=O) groups excluding carboxylic acids is 1. The van der Waals surface area contributed by atoms with Crippen LogP contribution in [0.2, 0.25) is 0 Å². The van der Waals surface area contributed by atoms with Gasteiger partial charge in [0.15, 0.2) is 5.96 Å². The van der Waals surface area contributed by atoms with E-state index >= 15 is 0 Å². The lowest BCUT2D eigenvalue weighted by molar-refractivity contribution is -0.122. The molecule has 0 spiro atoms. The Morgan fingerprint density at radius 1 is 1.22 bits per heavy atom. The maximum absolute atomic E-state index is 11.5. The van der Waals surface area contributed by atoms with Crippen molar-refractivity contribution in [2.45, 2.75) is 58.0 Å². The number of aromatic nitrogens is 1. The fraction of sp³-hybridized carbons (Fsp3) is 0.696. The first-order chi connectivity index (χ1) is 15.1. The highest BCUT2D eigenvalue weighted by Crippen LogP contribution is 2.24. The minimum Gasteiger partial charge on any atom is -0.369 e. The van der Waals surface area contributed by atoms with E-state index in [4.69, 9.17) is 5.73 Å². The van der Waals surface area contributed by atoms with Gasteiger partial charge >= 0.3 is 0 Å². The fourth-order valence-electron chi connectivity index (χ4n) is 4.76. The number of aliphatic imine (C=N–C) groups is 1. The average Bonchev–Trinajstić information content (AvgIpc) is 2.81. The summed E-state index contributed by atoms with van der Waals surface area (Å²) in [6.45, 7) is 7.69. The third kappa shape index (κ3) is 7.47. The van der Waals surface area contributed by atoms with Gasteiger partial charge in [-0.25, -0.2) is 4.98 Å². The van der Waals surface area contributed by atoms with Gasteiger partial charge in [0.05, 0.1) is 0 Å². The van der Waals surface area contributed by atoms with Gasteiger partial charge in [-0.05, 0) is 44.7 Å². The Hall–Kier alpha value is -1.62. The zero-order chi connectivity index (χ0) is 22.1. The number of nitrogens with zero attached hydrogens (tertiary/aromatic N) is 4. The number of hydrogen-bond acceptors (Lipinski definition) is 5. The van der Waals surface area contributed by atoms with Crippen LogP contribution in [0.5, 0.6) is 0 Å². The Morgan fingerprint density at radius 3 is 2.69 bits per heavy atom. The van der Waals surface area contributed by atoms with Crippen LogP contribution in [0, 0.1) is 5.92 Å². The molecule has 0 bridgehead atoms. The summed E-state index contributed by atoms with van der Waals surface area (Å²) in [6, 6.07) is 4.79. The summed E-state index contributed by atoms with van der Waals surface area (Å²) in [5.74, 6) is 1.59. The van der Waals surface area contributed by atoms with Gasteiger partial charge in [-0.15, -0.1) is 24.0 Å². The van der Waals surface area contributed by atoms with E-state index in [1.54, 1.807) is 0 Å². The van der Waals surface area contributed by atoms with Gasteiger partial charge < -0.3 is 21.3 Å². The van der Waals surface area contributed by atoms with Crippen molar-refractivity contribution >= 4 is 41.7 Å². The number of halogens is 1. The van der Waals surface area contributed by atoms with Crippen LogP contribution in [0.4, 0.5) is 5.82 Å². The predicted octanol–water partition coefficient (Wildman–Crippen LogP) is 2.33. The molecule has 1 amide bonds. The molecule has 180 valence electrons. The number of amides is 1. The molecule has 2 fully saturated rings. The van der Waals surface area contributed by atoms with Crippen LogP contribution >= 0.6 is 24.0 Å². The summed E-state index contributed by atoms with van der Waals surface area (Å²) in [4.78, 5) is 25.3. The maximum Gasteiger partial charge on any atom is 0.220 e. The summed E-state index contributed by atoms with van der Waals surface area (Å²) >= 11 is 0. The lowest BCUT2D eigenvalue weighted by atomic mass is 9.96. The Balaban J connectivity index is 0.00000363. The molecule has 0 radical (unpaired) electrons. The van der Waals surface area contributed by atoms with Crippen LogP contribution in [-0.2, 0) is 11.3 Å². The zero-order valence-electron chi connectivity index (χ0n) is 19.6. The molecule has 1 unspecified atom stereocenters. The molecular weight excluding hydrogens is 517 g/mol. The highest BCUT2D eigenvalue weighted by molar-refractivity contribution is 14.0. The molecule has 0 aliphatic carbocycles. The monoisotopic (exact) mass is 557 g/mol. The van der Waals surface area contributed by atoms with E-state index in [0.717, 1.165) is 62.4 Å². The smallest absolute Gasteiger partial charge is 0.220 e. The van der Waals surface area contributed by atoms with Crippen molar-refractivity contribution in [2.75, 3.05) is 44.7 Å². The molecule has 8 nitrogen and oxygen atoms in total. The molecule has 9 heteroatoms. The zero-order valence-corrected chi connectivity index (χ0v) is 21.9. The maximum atomic E-state index is 11.5. The molecule has 4 N–H and O–H groups in total. The minimum absolute atomic E-state index is 0. The van der Waals surface area contributed by atoms with Crippen LogP contribution in [0.25, 0.3) is 0 Å². The van der Waals surface area contributed by atoms with Crippen molar-refractivity contribution in [1.29, 1.82) is 0 Å². The van der Waals surface area contributed by atoms with Crippen LogP contribution in [0.3, 0.4) is 0 Å². The van der Waals surface area contributed by atoms with E-state index in [0.29, 0.717) is 6.54 Å². The summed E-state index contributed by atoms with van der Waals surface area (Å²) in [5, 5.41) is 6.90. The Bertz CT molecular complexity index is 737. The van der Waals surface area contributed by atoms with Crippen molar-refractivity contribution < 1.29 is 4.79 Å². The van der Waals surface area contributed by atoms with Gasteiger partial charge in [0.2, 0.25) is 5.91 Å². The SMILES string of the molecule is CCC1CCCCN1CCNC(=NC)NCc1cccnc1N1CCC(C(N)=O)CC1.I. The van der Waals surface area contributed by atoms with Gasteiger partial charge in [-0.3, -0.25) is 14.7 Å². The lowest BCUT2D eigenvalue weighted by Crippen LogP contribution is -2.45. The number of piperidine rings is 2. The molecule has 1 aromatic rings. The first-order valence-corrected chi connectivity index (χ1v) is 11.8. The van der Waals surface area contributed by atoms with Crippen LogP contribution in [0.15, 0.2) is 23.3 Å². The number of primary amides is 1. The molecule has 1 atom stereocenters. The fourth-order valence-corrected chi connectivity index (χ4v) is 4.76. The summed E-state index contributed by atoms with van der Waals surface area (Å²) in [5.41, 5.74) is 6.60. The number of rotatable bonds is 8. The van der Waals surface area contributed by atoms with Crippen molar-refractivity contribution in [3.05, 3.63) is 23.9 Å². The minimum atomic E-state index is -0.188. The molecule has 2 aliphatic heterocycles. The number of hydrogen-bond donors (Lipinski definition) is 3. The lowest BCUT2D eigenvalue weighted by Gasteiger charge is -2.35. The van der Waals surface area contributed by atoms with Crippen LogP contribution in [-0.4, -0.2) is 67.6 Å². The summed E-state index contributed by atoms with van der Waals surface area (Å²) < 4.78 is 0. The summed E-state index contributed by atoms with van der Waals surface area (Å²) in [7, 11) is 1.81. The summed E-state index contributed by atoms with van der Waals surface area (Å²) in [6.07, 6.45) is 8.63. The second-order valence-corrected chi connectivity index (χ2v) is 8.60. The largest absolute Gasteiger partial charge is 0.369 e. The van der Waals surface area contributed by atoms with E-state index in [2.05, 4.69) is 43.4 Å². The van der Waals surface area contributed by atoms with E-state index in [1.165, 1.54) is 32.2 Å². The number of guanidine groups is 1.